The number of nitrogens with zero attached hydrogens (tertiary/aromatic N) is 1. The molecule has 184 valence electrons. The maximum absolute atomic E-state index is 13.4. The van der Waals surface area contributed by atoms with Crippen LogP contribution in [-0.4, -0.2) is 52.5 Å². The van der Waals surface area contributed by atoms with Crippen molar-refractivity contribution in [1.29, 1.82) is 0 Å². The Morgan fingerprint density at radius 1 is 0.943 bits per heavy atom. The number of carbonyl (C=O) groups excluding carboxylic acids is 3. The van der Waals surface area contributed by atoms with Gasteiger partial charge in [-0.1, -0.05) is 72.8 Å². The number of nitrogens with one attached hydrogen (secondary N) is 1. The fourth-order valence-electron chi connectivity index (χ4n) is 3.93. The third kappa shape index (κ3) is 7.21. The summed E-state index contributed by atoms with van der Waals surface area (Å²) in [7, 11) is 0. The lowest BCUT2D eigenvalue weighted by Crippen LogP contribution is -2.59. The van der Waals surface area contributed by atoms with Crippen LogP contribution in [0.3, 0.4) is 0 Å². The van der Waals surface area contributed by atoms with Crippen molar-refractivity contribution >= 4 is 28.5 Å². The van der Waals surface area contributed by atoms with E-state index in [9.17, 15) is 19.5 Å². The average Bonchev–Trinajstić information content (AvgIpc) is 2.85. The Labute approximate surface area is 205 Å². The van der Waals surface area contributed by atoms with E-state index in [0.717, 1.165) is 26.8 Å². The summed E-state index contributed by atoms with van der Waals surface area (Å²) < 4.78 is 0. The first-order chi connectivity index (χ1) is 16.7. The first-order valence-electron chi connectivity index (χ1n) is 11.7. The van der Waals surface area contributed by atoms with E-state index in [1.54, 1.807) is 13.8 Å². The molecule has 7 heteroatoms. The molecule has 1 atom stereocenters. The predicted molar refractivity (Wildman–Crippen MR) is 136 cm³/mol. The molecule has 0 saturated heterocycles. The fourth-order valence-corrected chi connectivity index (χ4v) is 3.93. The highest BCUT2D eigenvalue weighted by Gasteiger charge is 2.37. The van der Waals surface area contributed by atoms with Crippen LogP contribution in [0.4, 0.5) is 0 Å². The Hall–Kier alpha value is -3.55. The molecule has 35 heavy (non-hydrogen) atoms. The van der Waals surface area contributed by atoms with Gasteiger partial charge in [0, 0.05) is 13.0 Å². The van der Waals surface area contributed by atoms with Gasteiger partial charge < -0.3 is 16.2 Å². The van der Waals surface area contributed by atoms with Crippen LogP contribution < -0.4 is 11.1 Å². The molecular formula is C28H33N3O4. The van der Waals surface area contributed by atoms with E-state index in [1.807, 2.05) is 72.8 Å². The minimum atomic E-state index is -1.35. The van der Waals surface area contributed by atoms with Gasteiger partial charge in [0.05, 0.1) is 19.1 Å². The molecule has 0 aliphatic heterocycles. The minimum absolute atomic E-state index is 0.0788. The molecule has 7 nitrogen and oxygen atoms in total. The van der Waals surface area contributed by atoms with Gasteiger partial charge in [-0.2, -0.15) is 0 Å². The molecule has 0 aliphatic carbocycles. The zero-order chi connectivity index (χ0) is 25.4. The molecule has 3 rings (SSSR count). The van der Waals surface area contributed by atoms with Gasteiger partial charge in [-0.25, -0.2) is 0 Å². The largest absolute Gasteiger partial charge is 0.390 e. The number of aliphatic hydroxyl groups excluding tert-OH is 1. The molecule has 0 spiro atoms. The number of imide groups is 1. The van der Waals surface area contributed by atoms with E-state index in [2.05, 4.69) is 5.32 Å². The Kier molecular flexibility index (Phi) is 8.73. The average molecular weight is 476 g/mol. The molecule has 0 heterocycles. The van der Waals surface area contributed by atoms with Crippen molar-refractivity contribution in [3.63, 3.8) is 0 Å². The molecule has 3 amide bonds. The van der Waals surface area contributed by atoms with E-state index < -0.39 is 23.5 Å². The van der Waals surface area contributed by atoms with Crippen molar-refractivity contribution in [3.05, 3.63) is 83.9 Å². The number of benzene rings is 3. The monoisotopic (exact) mass is 475 g/mol. The molecule has 0 bridgehead atoms. The maximum Gasteiger partial charge on any atom is 0.254 e. The molecule has 3 aromatic carbocycles. The first-order valence-corrected chi connectivity index (χ1v) is 11.7. The molecule has 0 fully saturated rings. The number of carbonyl (C=O) groups is 3. The number of amides is 3. The Bertz CT molecular complexity index is 1180. The van der Waals surface area contributed by atoms with Crippen LogP contribution in [0.2, 0.25) is 0 Å². The zero-order valence-electron chi connectivity index (χ0n) is 20.2. The number of hydrogen-bond acceptors (Lipinski definition) is 5. The quantitative estimate of drug-likeness (QED) is 0.417. The van der Waals surface area contributed by atoms with Gasteiger partial charge in [-0.3, -0.25) is 19.3 Å². The van der Waals surface area contributed by atoms with E-state index in [1.165, 1.54) is 0 Å². The maximum atomic E-state index is 13.4. The summed E-state index contributed by atoms with van der Waals surface area (Å²) in [6.45, 7) is 2.78. The number of rotatable bonds is 10. The van der Waals surface area contributed by atoms with Crippen molar-refractivity contribution < 1.29 is 19.5 Å². The van der Waals surface area contributed by atoms with Crippen molar-refractivity contribution in [2.45, 2.75) is 44.8 Å². The summed E-state index contributed by atoms with van der Waals surface area (Å²) in [5.74, 6) is -1.35. The van der Waals surface area contributed by atoms with E-state index in [4.69, 9.17) is 5.73 Å². The second kappa shape index (κ2) is 11.7. The highest BCUT2D eigenvalue weighted by molar-refractivity contribution is 6.01. The Balaban J connectivity index is 1.69. The molecule has 3 aromatic rings. The molecule has 4 N–H and O–H groups in total. The highest BCUT2D eigenvalue weighted by atomic mass is 16.3. The molecule has 0 aromatic heterocycles. The van der Waals surface area contributed by atoms with Crippen LogP contribution in [0.15, 0.2) is 72.8 Å². The first kappa shape index (κ1) is 26.1. The molecule has 0 aliphatic rings. The van der Waals surface area contributed by atoms with Gasteiger partial charge in [0.15, 0.2) is 0 Å². The van der Waals surface area contributed by atoms with Crippen LogP contribution in [0.5, 0.6) is 0 Å². The summed E-state index contributed by atoms with van der Waals surface area (Å²) in [6, 6.07) is 23.1. The lowest BCUT2D eigenvalue weighted by molar-refractivity contribution is -0.151. The van der Waals surface area contributed by atoms with Crippen LogP contribution >= 0.6 is 0 Å². The zero-order valence-corrected chi connectivity index (χ0v) is 20.2. The minimum Gasteiger partial charge on any atom is -0.390 e. The Morgan fingerprint density at radius 2 is 1.60 bits per heavy atom. The van der Waals surface area contributed by atoms with Gasteiger partial charge in [-0.15, -0.1) is 0 Å². The smallest absolute Gasteiger partial charge is 0.254 e. The standard InChI is InChI=1S/C28H33N3O4/c1-28(2,30-25(33)17-20-8-4-3-5-9-20)27(35)31(19-24(32)18-29)26(34)15-13-21-12-14-22-10-6-7-11-23(22)16-21/h3-12,14,16,24,32H,13,15,17-19,29H2,1-2H3,(H,30,33)/t24-/m1/s1. The van der Waals surface area contributed by atoms with Crippen molar-refractivity contribution in [1.82, 2.24) is 10.2 Å². The number of aryl methyl sites for hydroxylation is 1. The molecule has 0 radical (unpaired) electrons. The van der Waals surface area contributed by atoms with Gasteiger partial charge in [0.25, 0.3) is 5.91 Å². The normalized spacial score (nSPS) is 12.2. The van der Waals surface area contributed by atoms with Crippen molar-refractivity contribution in [2.75, 3.05) is 13.1 Å². The van der Waals surface area contributed by atoms with E-state index in [-0.39, 0.29) is 31.8 Å². The lowest BCUT2D eigenvalue weighted by Gasteiger charge is -2.32. The van der Waals surface area contributed by atoms with Crippen molar-refractivity contribution in [3.8, 4) is 0 Å². The van der Waals surface area contributed by atoms with Crippen LogP contribution in [0.25, 0.3) is 10.8 Å². The second-order valence-electron chi connectivity index (χ2n) is 9.22. The molecule has 0 unspecified atom stereocenters. The molecular weight excluding hydrogens is 442 g/mol. The Morgan fingerprint density at radius 3 is 2.29 bits per heavy atom. The van der Waals surface area contributed by atoms with Crippen molar-refractivity contribution in [2.24, 2.45) is 5.73 Å². The van der Waals surface area contributed by atoms with Gasteiger partial charge in [-0.05, 0) is 42.2 Å². The van der Waals surface area contributed by atoms with Gasteiger partial charge >= 0.3 is 0 Å². The fraction of sp³-hybridized carbons (Fsp3) is 0.321. The number of hydrogen-bond donors (Lipinski definition) is 3. The summed E-state index contributed by atoms with van der Waals surface area (Å²) in [4.78, 5) is 40.1. The number of nitrogens with two attached hydrogens (primary N) is 1. The molecule has 0 saturated carbocycles. The summed E-state index contributed by atoms with van der Waals surface area (Å²) >= 11 is 0. The summed E-state index contributed by atoms with van der Waals surface area (Å²) in [5, 5.41) is 15.0. The van der Waals surface area contributed by atoms with E-state index in [0.29, 0.717) is 6.42 Å². The topological polar surface area (TPSA) is 113 Å². The van der Waals surface area contributed by atoms with Crippen LogP contribution in [0.1, 0.15) is 31.4 Å². The third-order valence-electron chi connectivity index (χ3n) is 5.85. The SMILES string of the molecule is CC(C)(NC(=O)Cc1ccccc1)C(=O)N(C[C@H](O)CN)C(=O)CCc1ccc2ccccc2c1. The summed E-state index contributed by atoms with van der Waals surface area (Å²) in [6.07, 6.45) is -0.430. The van der Waals surface area contributed by atoms with Crippen LogP contribution in [-0.2, 0) is 27.2 Å². The lowest BCUT2D eigenvalue weighted by atomic mass is 10.0. The van der Waals surface area contributed by atoms with E-state index >= 15 is 0 Å². The highest BCUT2D eigenvalue weighted by Crippen LogP contribution is 2.18. The third-order valence-corrected chi connectivity index (χ3v) is 5.85. The predicted octanol–water partition coefficient (Wildman–Crippen LogP) is 2.58. The second-order valence-corrected chi connectivity index (χ2v) is 9.22. The van der Waals surface area contributed by atoms with Gasteiger partial charge in [0.2, 0.25) is 11.8 Å². The summed E-state index contributed by atoms with van der Waals surface area (Å²) in [5.41, 5.74) is 5.98. The number of aliphatic hydroxyl groups is 1. The number of fused-ring (bicyclic) bond motifs is 1. The van der Waals surface area contributed by atoms with Gasteiger partial charge in [0.1, 0.15) is 5.54 Å². The van der Waals surface area contributed by atoms with Crippen LogP contribution in [0, 0.1) is 0 Å².